The number of hydrogen-bond acceptors (Lipinski definition) is 3. The summed E-state index contributed by atoms with van der Waals surface area (Å²) in [6, 6.07) is 4.28. The van der Waals surface area contributed by atoms with Crippen LogP contribution in [0, 0.1) is 5.82 Å². The van der Waals surface area contributed by atoms with E-state index < -0.39 is 30.1 Å². The van der Waals surface area contributed by atoms with E-state index in [1.54, 1.807) is 0 Å². The number of hydrogen-bond donors (Lipinski definition) is 1. The molecular formula is C13H18BClFNO2. The molecule has 2 rings (SSSR count). The van der Waals surface area contributed by atoms with Gasteiger partial charge in [-0.15, -0.1) is 0 Å². The van der Waals surface area contributed by atoms with Gasteiger partial charge in [-0.2, -0.15) is 0 Å². The average Bonchev–Trinajstić information content (AvgIpc) is 2.51. The topological polar surface area (TPSA) is 44.5 Å². The maximum absolute atomic E-state index is 13.8. The highest BCUT2D eigenvalue weighted by Gasteiger charge is 2.53. The smallest absolute Gasteiger partial charge is 0.402 e. The lowest BCUT2D eigenvalue weighted by Crippen LogP contribution is -2.41. The van der Waals surface area contributed by atoms with Crippen molar-refractivity contribution >= 4 is 18.7 Å². The van der Waals surface area contributed by atoms with Crippen LogP contribution in [0.5, 0.6) is 0 Å². The van der Waals surface area contributed by atoms with Crippen LogP contribution < -0.4 is 5.73 Å². The van der Waals surface area contributed by atoms with Crippen LogP contribution in [-0.2, 0) is 9.31 Å². The predicted molar refractivity (Wildman–Crippen MR) is 74.4 cm³/mol. The molecule has 0 aliphatic carbocycles. The minimum absolute atomic E-state index is 0.297. The van der Waals surface area contributed by atoms with Crippen LogP contribution in [0.4, 0.5) is 4.39 Å². The predicted octanol–water partition coefficient (Wildman–Crippen LogP) is 3.11. The lowest BCUT2D eigenvalue weighted by Gasteiger charge is -2.32. The van der Waals surface area contributed by atoms with Crippen molar-refractivity contribution < 1.29 is 13.7 Å². The second-order valence-corrected chi connectivity index (χ2v) is 6.25. The molecule has 0 unspecified atom stereocenters. The quantitative estimate of drug-likeness (QED) is 0.849. The first-order valence-corrected chi connectivity index (χ1v) is 6.58. The van der Waals surface area contributed by atoms with E-state index in [9.17, 15) is 4.39 Å². The normalized spacial score (nSPS) is 22.6. The van der Waals surface area contributed by atoms with E-state index in [1.807, 2.05) is 27.7 Å². The van der Waals surface area contributed by atoms with E-state index in [0.717, 1.165) is 0 Å². The van der Waals surface area contributed by atoms with Crippen molar-refractivity contribution in [1.82, 2.24) is 0 Å². The monoisotopic (exact) mass is 285 g/mol. The summed E-state index contributed by atoms with van der Waals surface area (Å²) in [4.78, 5) is 0. The van der Waals surface area contributed by atoms with E-state index in [4.69, 9.17) is 26.6 Å². The Labute approximate surface area is 118 Å². The molecule has 1 aromatic carbocycles. The van der Waals surface area contributed by atoms with Gasteiger partial charge in [-0.05, 0) is 45.9 Å². The highest BCUT2D eigenvalue weighted by atomic mass is 35.5. The van der Waals surface area contributed by atoms with Gasteiger partial charge in [-0.1, -0.05) is 11.6 Å². The molecule has 104 valence electrons. The Bertz CT molecular complexity index is 480. The molecule has 1 aliphatic heterocycles. The lowest BCUT2D eigenvalue weighted by molar-refractivity contribution is 0.00578. The molecule has 0 aromatic heterocycles. The van der Waals surface area contributed by atoms with Gasteiger partial charge in [0.2, 0.25) is 0 Å². The number of nitrogens with two attached hydrogens (primary N) is 1. The van der Waals surface area contributed by atoms with Crippen LogP contribution in [-0.4, -0.2) is 18.3 Å². The summed E-state index contributed by atoms with van der Waals surface area (Å²) >= 11 is 5.88. The summed E-state index contributed by atoms with van der Waals surface area (Å²) in [6.45, 7) is 7.70. The van der Waals surface area contributed by atoms with Gasteiger partial charge >= 0.3 is 7.12 Å². The number of halogens is 2. The molecule has 1 fully saturated rings. The highest BCUT2D eigenvalue weighted by molar-refractivity contribution is 6.47. The van der Waals surface area contributed by atoms with Gasteiger partial charge in [-0.3, -0.25) is 0 Å². The molecule has 0 bridgehead atoms. The first-order chi connectivity index (χ1) is 8.64. The Balaban J connectivity index is 2.27. The Morgan fingerprint density at radius 1 is 1.21 bits per heavy atom. The molecule has 0 amide bonds. The molecule has 1 heterocycles. The van der Waals surface area contributed by atoms with Gasteiger partial charge < -0.3 is 15.0 Å². The van der Waals surface area contributed by atoms with E-state index in [1.165, 1.54) is 18.2 Å². The van der Waals surface area contributed by atoms with Gasteiger partial charge in [-0.25, -0.2) is 4.39 Å². The standard InChI is InChI=1S/C13H18BClFNO2/c1-12(2)13(3,4)19-14(18-12)11(17)9-7-8(15)5-6-10(9)16/h5-7,11H,17H2,1-4H3/t11-/m1/s1. The molecule has 19 heavy (non-hydrogen) atoms. The molecule has 1 aliphatic rings. The molecule has 1 saturated heterocycles. The van der Waals surface area contributed by atoms with Crippen LogP contribution in [0.15, 0.2) is 18.2 Å². The Morgan fingerprint density at radius 2 is 1.74 bits per heavy atom. The van der Waals surface area contributed by atoms with Crippen molar-refractivity contribution in [2.24, 2.45) is 5.73 Å². The van der Waals surface area contributed by atoms with Crippen LogP contribution in [0.25, 0.3) is 0 Å². The van der Waals surface area contributed by atoms with Crippen molar-refractivity contribution in [1.29, 1.82) is 0 Å². The zero-order valence-electron chi connectivity index (χ0n) is 11.5. The van der Waals surface area contributed by atoms with Crippen molar-refractivity contribution in [3.63, 3.8) is 0 Å². The first kappa shape index (κ1) is 14.8. The highest BCUT2D eigenvalue weighted by Crippen LogP contribution is 2.40. The third-order valence-corrected chi connectivity index (χ3v) is 4.12. The maximum Gasteiger partial charge on any atom is 0.480 e. The second-order valence-electron chi connectivity index (χ2n) is 5.82. The molecule has 6 heteroatoms. The third-order valence-electron chi connectivity index (χ3n) is 3.88. The Hall–Kier alpha value is -0.615. The molecule has 0 radical (unpaired) electrons. The van der Waals surface area contributed by atoms with Crippen LogP contribution >= 0.6 is 11.6 Å². The lowest BCUT2D eigenvalue weighted by atomic mass is 9.74. The summed E-state index contributed by atoms with van der Waals surface area (Å²) in [7, 11) is -0.696. The molecule has 3 nitrogen and oxygen atoms in total. The van der Waals surface area contributed by atoms with Gasteiger partial charge in [0.1, 0.15) is 5.82 Å². The largest absolute Gasteiger partial charge is 0.480 e. The van der Waals surface area contributed by atoms with Gasteiger partial charge in [0.25, 0.3) is 0 Å². The van der Waals surface area contributed by atoms with Gasteiger partial charge in [0.05, 0.1) is 17.1 Å². The third kappa shape index (κ3) is 2.65. The fraction of sp³-hybridized carbons (Fsp3) is 0.538. The number of benzene rings is 1. The number of rotatable bonds is 2. The minimum Gasteiger partial charge on any atom is -0.402 e. The van der Waals surface area contributed by atoms with E-state index in [0.29, 0.717) is 10.6 Å². The maximum atomic E-state index is 13.8. The molecular weight excluding hydrogens is 267 g/mol. The Kier molecular flexibility index (Phi) is 3.69. The minimum atomic E-state index is -0.722. The SMILES string of the molecule is CC1(C)OB([C@H](N)c2cc(Cl)ccc2F)OC1(C)C. The summed E-state index contributed by atoms with van der Waals surface area (Å²) in [5.41, 5.74) is 5.37. The molecule has 2 N–H and O–H groups in total. The summed E-state index contributed by atoms with van der Waals surface area (Å²) < 4.78 is 25.4. The molecule has 0 spiro atoms. The van der Waals surface area contributed by atoms with Crippen molar-refractivity contribution in [2.75, 3.05) is 0 Å². The average molecular weight is 286 g/mol. The van der Waals surface area contributed by atoms with Gasteiger partial charge in [0.15, 0.2) is 0 Å². The summed E-state index contributed by atoms with van der Waals surface area (Å²) in [5.74, 6) is -1.13. The molecule has 1 aromatic rings. The van der Waals surface area contributed by atoms with Crippen molar-refractivity contribution in [3.8, 4) is 0 Å². The molecule has 1 atom stereocenters. The summed E-state index contributed by atoms with van der Waals surface area (Å²) in [6.07, 6.45) is 0. The zero-order chi connectivity index (χ0) is 14.4. The Morgan fingerprint density at radius 3 is 2.26 bits per heavy atom. The second kappa shape index (κ2) is 4.74. The van der Waals surface area contributed by atoms with Crippen LogP contribution in [0.2, 0.25) is 5.02 Å². The van der Waals surface area contributed by atoms with Crippen molar-refractivity contribution in [2.45, 2.75) is 44.8 Å². The fourth-order valence-corrected chi connectivity index (χ4v) is 2.13. The van der Waals surface area contributed by atoms with E-state index >= 15 is 0 Å². The van der Waals surface area contributed by atoms with Crippen LogP contribution in [0.3, 0.4) is 0 Å². The van der Waals surface area contributed by atoms with Gasteiger partial charge in [0, 0.05) is 10.6 Å². The molecule has 0 saturated carbocycles. The van der Waals surface area contributed by atoms with Crippen molar-refractivity contribution in [3.05, 3.63) is 34.6 Å². The van der Waals surface area contributed by atoms with E-state index in [2.05, 4.69) is 0 Å². The first-order valence-electron chi connectivity index (χ1n) is 6.20. The zero-order valence-corrected chi connectivity index (χ0v) is 12.3. The fourth-order valence-electron chi connectivity index (χ4n) is 1.95. The summed E-state index contributed by atoms with van der Waals surface area (Å²) in [5, 5.41) is 0.434. The van der Waals surface area contributed by atoms with E-state index in [-0.39, 0.29) is 0 Å². The van der Waals surface area contributed by atoms with Crippen LogP contribution in [0.1, 0.15) is 39.2 Å².